The van der Waals surface area contributed by atoms with Gasteiger partial charge in [-0.25, -0.2) is 8.42 Å². The van der Waals surface area contributed by atoms with E-state index in [0.717, 1.165) is 32.3 Å². The first kappa shape index (κ1) is 18.9. The Bertz CT molecular complexity index is 692. The van der Waals surface area contributed by atoms with Crippen molar-refractivity contribution in [3.63, 3.8) is 0 Å². The number of ether oxygens (including phenoxy) is 2. The molecule has 25 heavy (non-hydrogen) atoms. The van der Waals surface area contributed by atoms with Crippen LogP contribution in [-0.2, 0) is 14.8 Å². The lowest BCUT2D eigenvalue weighted by molar-refractivity contribution is 0.166. The third-order valence-corrected chi connectivity index (χ3v) is 7.04. The average Bonchev–Trinajstić information content (AvgIpc) is 3.14. The summed E-state index contributed by atoms with van der Waals surface area (Å²) in [6.45, 7) is 2.61. The van der Waals surface area contributed by atoms with Crippen LogP contribution >= 0.6 is 11.6 Å². The van der Waals surface area contributed by atoms with Crippen molar-refractivity contribution in [1.82, 2.24) is 4.31 Å². The van der Waals surface area contributed by atoms with E-state index in [4.69, 9.17) is 26.8 Å². The van der Waals surface area contributed by atoms with E-state index in [1.807, 2.05) is 0 Å². The molecular weight excluding hydrogens is 364 g/mol. The molecule has 0 saturated carbocycles. The second kappa shape index (κ2) is 8.22. The van der Waals surface area contributed by atoms with Gasteiger partial charge in [-0.15, -0.1) is 0 Å². The minimum Gasteiger partial charge on any atom is -0.492 e. The minimum absolute atomic E-state index is 0.124. The number of benzene rings is 1. The second-order valence-corrected chi connectivity index (χ2v) is 8.93. The van der Waals surface area contributed by atoms with Gasteiger partial charge >= 0.3 is 0 Å². The lowest BCUT2D eigenvalue weighted by Gasteiger charge is -2.34. The van der Waals surface area contributed by atoms with E-state index in [9.17, 15) is 8.42 Å². The van der Waals surface area contributed by atoms with E-state index < -0.39 is 10.0 Å². The van der Waals surface area contributed by atoms with Crippen LogP contribution in [0.25, 0.3) is 0 Å². The molecule has 2 aliphatic rings. The summed E-state index contributed by atoms with van der Waals surface area (Å²) >= 11 is 6.08. The number of nitrogens with two attached hydrogens (primary N) is 1. The number of halogens is 1. The second-order valence-electron chi connectivity index (χ2n) is 6.63. The molecule has 0 aromatic heterocycles. The fourth-order valence-corrected chi connectivity index (χ4v) is 5.48. The fourth-order valence-electron chi connectivity index (χ4n) is 3.38. The molecule has 2 atom stereocenters. The normalized spacial score (nSPS) is 25.2. The van der Waals surface area contributed by atoms with Crippen LogP contribution in [0, 0.1) is 5.92 Å². The molecule has 1 aromatic carbocycles. The molecule has 6 nitrogen and oxygen atoms in total. The molecule has 2 heterocycles. The maximum absolute atomic E-state index is 13.2. The van der Waals surface area contributed by atoms with Crippen molar-refractivity contribution in [1.29, 1.82) is 0 Å². The molecule has 0 amide bonds. The Labute approximate surface area is 154 Å². The summed E-state index contributed by atoms with van der Waals surface area (Å²) in [5.74, 6) is 0.635. The topological polar surface area (TPSA) is 81.9 Å². The number of rotatable bonds is 6. The molecule has 140 valence electrons. The van der Waals surface area contributed by atoms with Crippen LogP contribution < -0.4 is 10.5 Å². The molecule has 0 radical (unpaired) electrons. The van der Waals surface area contributed by atoms with Gasteiger partial charge in [-0.3, -0.25) is 0 Å². The highest BCUT2D eigenvalue weighted by atomic mass is 35.5. The van der Waals surface area contributed by atoms with Gasteiger partial charge in [-0.05, 0) is 37.5 Å². The summed E-state index contributed by atoms with van der Waals surface area (Å²) in [4.78, 5) is 0.124. The first-order valence-corrected chi connectivity index (χ1v) is 10.6. The van der Waals surface area contributed by atoms with Crippen molar-refractivity contribution in [3.8, 4) is 5.75 Å². The largest absolute Gasteiger partial charge is 0.492 e. The highest BCUT2D eigenvalue weighted by Crippen LogP contribution is 2.33. The number of nitrogens with zero attached hydrogens (tertiary/aromatic N) is 1. The fraction of sp³-hybridized carbons (Fsp3) is 0.647. The van der Waals surface area contributed by atoms with Gasteiger partial charge in [0.15, 0.2) is 0 Å². The van der Waals surface area contributed by atoms with Crippen LogP contribution in [0.5, 0.6) is 5.75 Å². The molecule has 2 saturated heterocycles. The standard InChI is InChI=1S/C17H25ClN2O4S/c18-14-4-5-16(24-12-13-6-8-23-11-13)17(9-14)25(21,22)20-7-2-1-3-15(20)10-19/h4-5,9,13,15H,1-3,6-8,10-12,19H2. The monoisotopic (exact) mass is 388 g/mol. The van der Waals surface area contributed by atoms with Gasteiger partial charge < -0.3 is 15.2 Å². The Balaban J connectivity index is 1.86. The first-order valence-electron chi connectivity index (χ1n) is 8.74. The van der Waals surface area contributed by atoms with Crippen LogP contribution in [0.15, 0.2) is 23.1 Å². The van der Waals surface area contributed by atoms with E-state index in [1.54, 1.807) is 12.1 Å². The van der Waals surface area contributed by atoms with Gasteiger partial charge in [0.25, 0.3) is 0 Å². The lowest BCUT2D eigenvalue weighted by Crippen LogP contribution is -2.47. The summed E-state index contributed by atoms with van der Waals surface area (Å²) in [5, 5.41) is 0.372. The summed E-state index contributed by atoms with van der Waals surface area (Å²) in [6, 6.07) is 4.58. The quantitative estimate of drug-likeness (QED) is 0.808. The molecular formula is C17H25ClN2O4S. The van der Waals surface area contributed by atoms with E-state index in [2.05, 4.69) is 0 Å². The zero-order valence-corrected chi connectivity index (χ0v) is 15.8. The van der Waals surface area contributed by atoms with E-state index in [0.29, 0.717) is 37.1 Å². The molecule has 2 unspecified atom stereocenters. The van der Waals surface area contributed by atoms with Gasteiger partial charge in [0.2, 0.25) is 10.0 Å². The van der Waals surface area contributed by atoms with Crippen LogP contribution in [0.1, 0.15) is 25.7 Å². The number of piperidine rings is 1. The molecule has 3 rings (SSSR count). The van der Waals surface area contributed by atoms with Crippen molar-refractivity contribution in [2.24, 2.45) is 11.7 Å². The smallest absolute Gasteiger partial charge is 0.247 e. The Morgan fingerprint density at radius 2 is 2.16 bits per heavy atom. The van der Waals surface area contributed by atoms with Crippen molar-refractivity contribution in [2.45, 2.75) is 36.6 Å². The minimum atomic E-state index is -3.71. The first-order chi connectivity index (χ1) is 12.0. The van der Waals surface area contributed by atoms with Gasteiger partial charge in [0.1, 0.15) is 10.6 Å². The number of hydrogen-bond acceptors (Lipinski definition) is 5. The van der Waals surface area contributed by atoms with E-state index >= 15 is 0 Å². The third kappa shape index (κ3) is 4.28. The van der Waals surface area contributed by atoms with Crippen molar-refractivity contribution in [2.75, 3.05) is 32.9 Å². The zero-order valence-electron chi connectivity index (χ0n) is 14.2. The highest BCUT2D eigenvalue weighted by molar-refractivity contribution is 7.89. The molecule has 0 spiro atoms. The number of hydrogen-bond donors (Lipinski definition) is 1. The van der Waals surface area contributed by atoms with Gasteiger partial charge in [0, 0.05) is 36.7 Å². The SMILES string of the molecule is NCC1CCCCN1S(=O)(=O)c1cc(Cl)ccc1OCC1CCOC1. The third-order valence-electron chi connectivity index (χ3n) is 4.84. The van der Waals surface area contributed by atoms with Crippen LogP contribution in [0.4, 0.5) is 0 Å². The Hall–Kier alpha value is -0.860. The van der Waals surface area contributed by atoms with Gasteiger partial charge in [-0.1, -0.05) is 18.0 Å². The Morgan fingerprint density at radius 3 is 2.88 bits per heavy atom. The van der Waals surface area contributed by atoms with E-state index in [1.165, 1.54) is 10.4 Å². The predicted octanol–water partition coefficient (Wildman–Crippen LogP) is 2.26. The number of sulfonamides is 1. The average molecular weight is 389 g/mol. The lowest BCUT2D eigenvalue weighted by atomic mass is 10.1. The van der Waals surface area contributed by atoms with Crippen LogP contribution in [0.2, 0.25) is 5.02 Å². The van der Waals surface area contributed by atoms with Gasteiger partial charge in [0.05, 0.1) is 13.2 Å². The molecule has 2 aliphatic heterocycles. The van der Waals surface area contributed by atoms with Crippen molar-refractivity contribution >= 4 is 21.6 Å². The molecule has 0 bridgehead atoms. The molecule has 0 aliphatic carbocycles. The summed E-state index contributed by atoms with van der Waals surface area (Å²) < 4.78 is 39.2. The van der Waals surface area contributed by atoms with E-state index in [-0.39, 0.29) is 16.9 Å². The highest BCUT2D eigenvalue weighted by Gasteiger charge is 2.35. The predicted molar refractivity (Wildman–Crippen MR) is 96.5 cm³/mol. The Kier molecular flexibility index (Phi) is 6.22. The molecule has 2 N–H and O–H groups in total. The molecule has 8 heteroatoms. The maximum Gasteiger partial charge on any atom is 0.247 e. The van der Waals surface area contributed by atoms with Crippen molar-refractivity contribution in [3.05, 3.63) is 23.2 Å². The molecule has 2 fully saturated rings. The summed E-state index contributed by atoms with van der Waals surface area (Å²) in [6.07, 6.45) is 3.54. The zero-order chi connectivity index (χ0) is 17.9. The van der Waals surface area contributed by atoms with Crippen LogP contribution in [-0.4, -0.2) is 51.7 Å². The Morgan fingerprint density at radius 1 is 1.32 bits per heavy atom. The summed E-state index contributed by atoms with van der Waals surface area (Å²) in [7, 11) is -3.71. The van der Waals surface area contributed by atoms with Crippen LogP contribution in [0.3, 0.4) is 0 Å². The maximum atomic E-state index is 13.2. The van der Waals surface area contributed by atoms with Crippen molar-refractivity contribution < 1.29 is 17.9 Å². The van der Waals surface area contributed by atoms with Gasteiger partial charge in [-0.2, -0.15) is 4.31 Å². The summed E-state index contributed by atoms with van der Waals surface area (Å²) in [5.41, 5.74) is 5.80. The molecule has 1 aromatic rings.